The molecule has 5 aromatic rings. The normalized spacial score (nSPS) is 19.1. The van der Waals surface area contributed by atoms with Crippen molar-refractivity contribution in [3.05, 3.63) is 158 Å². The van der Waals surface area contributed by atoms with E-state index in [1.165, 1.54) is 10.8 Å². The van der Waals surface area contributed by atoms with Crippen LogP contribution in [0.25, 0.3) is 0 Å². The molecule has 1 saturated heterocycles. The lowest BCUT2D eigenvalue weighted by Gasteiger charge is -2.53. The minimum absolute atomic E-state index is 0.0931. The van der Waals surface area contributed by atoms with Crippen LogP contribution in [0.15, 0.2) is 119 Å². The van der Waals surface area contributed by atoms with Crippen molar-refractivity contribution in [1.29, 1.82) is 0 Å². The smallest absolute Gasteiger partial charge is 0.330 e. The van der Waals surface area contributed by atoms with Gasteiger partial charge < -0.3 is 28.8 Å². The van der Waals surface area contributed by atoms with Crippen molar-refractivity contribution in [2.24, 2.45) is 0 Å². The van der Waals surface area contributed by atoms with Crippen LogP contribution in [-0.4, -0.2) is 61.0 Å². The Bertz CT molecular complexity index is 2220. The van der Waals surface area contributed by atoms with E-state index in [1.54, 1.807) is 21.1 Å². The molecule has 0 saturated carbocycles. The Morgan fingerprint density at radius 2 is 1.45 bits per heavy atom. The monoisotopic (exact) mass is 806 g/mol. The number of nitrogens with zero attached hydrogens (tertiary/aromatic N) is 1. The van der Waals surface area contributed by atoms with Crippen molar-refractivity contribution in [2.75, 3.05) is 20.8 Å². The first-order chi connectivity index (χ1) is 27.6. The number of H-pyrrole nitrogens is 1. The summed E-state index contributed by atoms with van der Waals surface area (Å²) in [6.45, 7) is 15.3. The Morgan fingerprint density at radius 3 is 2.00 bits per heavy atom. The standard InChI is InChI=1S/C47H58N2O8Si/c1-10-27-55-39-18-14-15-33(28-39)31-56-42(41-46(52,58(8,9)45(3,4)5)29-40(57-41)49-30-32(2)43(50)48-44(49)51)47(34-16-12-11-13-17-34,35-19-23-37(53-6)24-20-35)36-21-25-38(54-7)26-22-36/h11-26,28,30,40-42,52H,10,27,29,31H2,1-9H3,(H,48,50,51)/t40-,41-,42?,46-/m1/s1. The third-order valence-electron chi connectivity index (χ3n) is 12.5. The Labute approximate surface area is 342 Å². The molecule has 10 nitrogen and oxygen atoms in total. The van der Waals surface area contributed by atoms with E-state index >= 15 is 0 Å². The zero-order valence-corrected chi connectivity index (χ0v) is 36.2. The van der Waals surface area contributed by atoms with Gasteiger partial charge in [0.05, 0.1) is 46.1 Å². The second-order valence-corrected chi connectivity index (χ2v) is 22.5. The van der Waals surface area contributed by atoms with Crippen molar-refractivity contribution in [3.63, 3.8) is 0 Å². The molecule has 1 aliphatic heterocycles. The Hall–Kier alpha value is -4.94. The van der Waals surface area contributed by atoms with Gasteiger partial charge in [0.15, 0.2) is 0 Å². The van der Waals surface area contributed by atoms with Crippen LogP contribution in [0.4, 0.5) is 0 Å². The second-order valence-electron chi connectivity index (χ2n) is 16.9. The van der Waals surface area contributed by atoms with Crippen LogP contribution in [-0.2, 0) is 21.5 Å². The van der Waals surface area contributed by atoms with Crippen LogP contribution >= 0.6 is 0 Å². The summed E-state index contributed by atoms with van der Waals surface area (Å²) in [4.78, 5) is 28.7. The van der Waals surface area contributed by atoms with Crippen molar-refractivity contribution < 1.29 is 28.8 Å². The summed E-state index contributed by atoms with van der Waals surface area (Å²) in [7, 11) is 0.398. The molecule has 2 N–H and O–H groups in total. The topological polar surface area (TPSA) is 121 Å². The van der Waals surface area contributed by atoms with Crippen LogP contribution in [0.2, 0.25) is 18.1 Å². The minimum Gasteiger partial charge on any atom is -0.497 e. The summed E-state index contributed by atoms with van der Waals surface area (Å²) in [5, 5.41) is 12.0. The second kappa shape index (κ2) is 17.1. The van der Waals surface area contributed by atoms with Gasteiger partial charge in [-0.05, 0) is 77.0 Å². The number of hydrogen-bond donors (Lipinski definition) is 2. The van der Waals surface area contributed by atoms with Gasteiger partial charge in [0.2, 0.25) is 0 Å². The molecule has 0 bridgehead atoms. The first-order valence-corrected chi connectivity index (χ1v) is 23.0. The van der Waals surface area contributed by atoms with Gasteiger partial charge in [-0.1, -0.05) is 108 Å². The maximum absolute atomic E-state index is 13.8. The predicted octanol–water partition coefficient (Wildman–Crippen LogP) is 8.34. The number of hydrogen-bond acceptors (Lipinski definition) is 8. The number of aromatic amines is 1. The van der Waals surface area contributed by atoms with Crippen LogP contribution in [0, 0.1) is 6.92 Å². The summed E-state index contributed by atoms with van der Waals surface area (Å²) < 4.78 is 33.4. The molecule has 4 aromatic carbocycles. The van der Waals surface area contributed by atoms with Crippen molar-refractivity contribution in [1.82, 2.24) is 9.55 Å². The summed E-state index contributed by atoms with van der Waals surface area (Å²) >= 11 is 0. The maximum Gasteiger partial charge on any atom is 0.330 e. The van der Waals surface area contributed by atoms with Crippen LogP contribution in [0.3, 0.4) is 0 Å². The number of ether oxygens (including phenoxy) is 5. The highest BCUT2D eigenvalue weighted by atomic mass is 28.3. The van der Waals surface area contributed by atoms with E-state index in [1.807, 2.05) is 91.0 Å². The van der Waals surface area contributed by atoms with Gasteiger partial charge >= 0.3 is 5.69 Å². The quantitative estimate of drug-likeness (QED) is 0.0801. The molecule has 1 aromatic heterocycles. The number of benzene rings is 4. The highest BCUT2D eigenvalue weighted by Crippen LogP contribution is 2.56. The zero-order chi connectivity index (χ0) is 41.9. The van der Waals surface area contributed by atoms with Gasteiger partial charge in [-0.2, -0.15) is 0 Å². The van der Waals surface area contributed by atoms with E-state index in [0.29, 0.717) is 23.7 Å². The average molecular weight is 807 g/mol. The number of aromatic nitrogens is 2. The van der Waals surface area contributed by atoms with Gasteiger partial charge in [-0.15, -0.1) is 0 Å². The lowest BCUT2D eigenvalue weighted by molar-refractivity contribution is -0.139. The number of aryl methyl sites for hydroxylation is 1. The van der Waals surface area contributed by atoms with E-state index in [9.17, 15) is 14.7 Å². The molecule has 11 heteroatoms. The van der Waals surface area contributed by atoms with E-state index in [2.05, 4.69) is 57.9 Å². The first-order valence-electron chi connectivity index (χ1n) is 20.0. The Morgan fingerprint density at radius 1 is 0.862 bits per heavy atom. The number of nitrogens with one attached hydrogen (secondary N) is 1. The summed E-state index contributed by atoms with van der Waals surface area (Å²) in [6.07, 6.45) is -0.382. The molecule has 0 aliphatic carbocycles. The highest BCUT2D eigenvalue weighted by molar-refractivity contribution is 6.83. The molecule has 1 unspecified atom stereocenters. The van der Waals surface area contributed by atoms with E-state index in [0.717, 1.165) is 34.4 Å². The third kappa shape index (κ3) is 7.92. The molecule has 308 valence electrons. The summed E-state index contributed by atoms with van der Waals surface area (Å²) in [5.74, 6) is 2.11. The lowest BCUT2D eigenvalue weighted by Crippen LogP contribution is -2.68. The predicted molar refractivity (Wildman–Crippen MR) is 230 cm³/mol. The SMILES string of the molecule is CCCOc1cccc(COC([C@H]2O[C@@H](n3cc(C)c(=O)[nH]c3=O)C[C@@]2(O)[Si](C)(C)C(C)(C)C)C(c2ccccc2)(c2ccc(OC)cc2)c2ccc(OC)cc2)c1. The zero-order valence-electron chi connectivity index (χ0n) is 35.2. The molecule has 1 aliphatic rings. The van der Waals surface area contributed by atoms with Gasteiger partial charge in [0, 0.05) is 18.2 Å². The van der Waals surface area contributed by atoms with E-state index in [-0.39, 0.29) is 18.1 Å². The summed E-state index contributed by atoms with van der Waals surface area (Å²) in [6, 6.07) is 33.9. The molecule has 2 heterocycles. The van der Waals surface area contributed by atoms with Crippen LogP contribution in [0.5, 0.6) is 17.2 Å². The summed E-state index contributed by atoms with van der Waals surface area (Å²) in [5.41, 5.74) is 1.66. The molecule has 0 amide bonds. The molecular formula is C47H58N2O8Si. The lowest BCUT2D eigenvalue weighted by atomic mass is 9.63. The fourth-order valence-electron chi connectivity index (χ4n) is 8.23. The van der Waals surface area contributed by atoms with E-state index < -0.39 is 48.4 Å². The van der Waals surface area contributed by atoms with E-state index in [4.69, 9.17) is 23.7 Å². The number of rotatable bonds is 15. The molecule has 1 fully saturated rings. The molecular weight excluding hydrogens is 749 g/mol. The Kier molecular flexibility index (Phi) is 12.6. The molecule has 58 heavy (non-hydrogen) atoms. The van der Waals surface area contributed by atoms with Crippen LogP contribution < -0.4 is 25.5 Å². The van der Waals surface area contributed by atoms with Gasteiger partial charge in [-0.3, -0.25) is 14.3 Å². The highest BCUT2D eigenvalue weighted by Gasteiger charge is 2.66. The van der Waals surface area contributed by atoms with Crippen LogP contribution in [0.1, 0.15) is 74.6 Å². The maximum atomic E-state index is 13.8. The first kappa shape index (κ1) is 42.7. The molecule has 6 rings (SSSR count). The number of methoxy groups -OCH3 is 2. The number of aliphatic hydroxyl groups is 1. The van der Waals surface area contributed by atoms with Gasteiger partial charge in [0.1, 0.15) is 35.7 Å². The average Bonchev–Trinajstić information content (AvgIpc) is 3.58. The fourth-order valence-corrected chi connectivity index (χ4v) is 11.1. The Balaban J connectivity index is 1.69. The van der Waals surface area contributed by atoms with Gasteiger partial charge in [0.25, 0.3) is 5.56 Å². The van der Waals surface area contributed by atoms with Crippen molar-refractivity contribution >= 4 is 8.07 Å². The third-order valence-corrected chi connectivity index (χ3v) is 18.9. The minimum atomic E-state index is -2.88. The largest absolute Gasteiger partial charge is 0.497 e. The van der Waals surface area contributed by atoms with Crippen molar-refractivity contribution in [3.8, 4) is 17.2 Å². The molecule has 0 radical (unpaired) electrons. The molecule has 0 spiro atoms. The van der Waals surface area contributed by atoms with Gasteiger partial charge in [-0.25, -0.2) is 4.79 Å². The van der Waals surface area contributed by atoms with Crippen molar-refractivity contribution in [2.45, 2.75) is 101 Å². The fraction of sp³-hybridized carbons (Fsp3) is 0.404. The molecule has 4 atom stereocenters.